The quantitative estimate of drug-likeness (QED) is 0.860. The highest BCUT2D eigenvalue weighted by Gasteiger charge is 2.26. The summed E-state index contributed by atoms with van der Waals surface area (Å²) >= 11 is 0. The van der Waals surface area contributed by atoms with Crippen molar-refractivity contribution in [2.75, 3.05) is 20.8 Å². The Hall–Kier alpha value is -2.49. The second kappa shape index (κ2) is 5.95. The molecule has 0 aliphatic carbocycles. The van der Waals surface area contributed by atoms with Gasteiger partial charge in [0, 0.05) is 28.8 Å². The summed E-state index contributed by atoms with van der Waals surface area (Å²) in [7, 11) is 3.26. The normalized spacial score (nSPS) is 15.7. The highest BCUT2D eigenvalue weighted by molar-refractivity contribution is 5.83. The summed E-state index contributed by atoms with van der Waals surface area (Å²) < 4.78 is 16.9. The number of pyridine rings is 1. The molecule has 4 heteroatoms. The van der Waals surface area contributed by atoms with Crippen molar-refractivity contribution < 1.29 is 14.2 Å². The van der Waals surface area contributed by atoms with Crippen LogP contribution >= 0.6 is 0 Å². The summed E-state index contributed by atoms with van der Waals surface area (Å²) in [6.07, 6.45) is 4.02. The molecule has 23 heavy (non-hydrogen) atoms. The minimum absolute atomic E-state index is 0.105. The molecular weight excluding hydrogens is 290 g/mol. The first-order chi connectivity index (χ1) is 11.0. The summed E-state index contributed by atoms with van der Waals surface area (Å²) in [5, 5.41) is 0. The van der Waals surface area contributed by atoms with Crippen LogP contribution in [0.5, 0.6) is 17.2 Å². The fourth-order valence-electron chi connectivity index (χ4n) is 2.70. The van der Waals surface area contributed by atoms with Gasteiger partial charge in [-0.05, 0) is 18.2 Å². The van der Waals surface area contributed by atoms with Crippen LogP contribution in [0.1, 0.15) is 25.1 Å². The Morgan fingerprint density at radius 1 is 1.09 bits per heavy atom. The molecule has 3 rings (SSSR count). The Kier molecular flexibility index (Phi) is 3.99. The summed E-state index contributed by atoms with van der Waals surface area (Å²) in [5.41, 5.74) is 2.82. The number of hydrogen-bond acceptors (Lipinski definition) is 4. The minimum Gasteiger partial charge on any atom is -0.493 e. The molecule has 1 aliphatic heterocycles. The molecule has 2 heterocycles. The van der Waals surface area contributed by atoms with Crippen molar-refractivity contribution in [3.8, 4) is 17.2 Å². The number of hydrogen-bond donors (Lipinski definition) is 0. The molecule has 2 aromatic rings. The largest absolute Gasteiger partial charge is 0.493 e. The fourth-order valence-corrected chi connectivity index (χ4v) is 2.70. The van der Waals surface area contributed by atoms with E-state index in [0.29, 0.717) is 18.1 Å². The molecule has 0 N–H and O–H groups in total. The lowest BCUT2D eigenvalue weighted by atomic mass is 9.89. The standard InChI is InChI=1S/C19H21NO3/c1-19(2)11-14(15-7-5-6-8-20-15)13-9-17(21-3)18(22-4)10-16(13)23-12-19/h5-11H,12H2,1-4H3. The predicted octanol–water partition coefficient (Wildman–Crippen LogP) is 3.95. The van der Waals surface area contributed by atoms with Crippen molar-refractivity contribution in [1.29, 1.82) is 0 Å². The van der Waals surface area contributed by atoms with E-state index in [9.17, 15) is 0 Å². The lowest BCUT2D eigenvalue weighted by Gasteiger charge is -2.18. The van der Waals surface area contributed by atoms with Gasteiger partial charge < -0.3 is 14.2 Å². The van der Waals surface area contributed by atoms with Crippen molar-refractivity contribution in [2.24, 2.45) is 5.41 Å². The maximum absolute atomic E-state index is 6.04. The van der Waals surface area contributed by atoms with Crippen LogP contribution in [-0.2, 0) is 0 Å². The SMILES string of the molecule is COc1cc2c(cc1OC)C(c1ccccn1)=CC(C)(C)CO2. The second-order valence-corrected chi connectivity index (χ2v) is 6.25. The Morgan fingerprint density at radius 2 is 1.83 bits per heavy atom. The van der Waals surface area contributed by atoms with Gasteiger partial charge in [-0.15, -0.1) is 0 Å². The molecule has 0 bridgehead atoms. The number of ether oxygens (including phenoxy) is 3. The maximum Gasteiger partial charge on any atom is 0.164 e. The molecule has 0 unspecified atom stereocenters. The zero-order chi connectivity index (χ0) is 16.4. The average molecular weight is 311 g/mol. The lowest BCUT2D eigenvalue weighted by molar-refractivity contribution is 0.223. The number of rotatable bonds is 3. The summed E-state index contributed by atoms with van der Waals surface area (Å²) in [5.74, 6) is 2.12. The second-order valence-electron chi connectivity index (χ2n) is 6.25. The van der Waals surface area contributed by atoms with Gasteiger partial charge in [-0.25, -0.2) is 0 Å². The van der Waals surface area contributed by atoms with Gasteiger partial charge in [-0.3, -0.25) is 4.98 Å². The zero-order valence-corrected chi connectivity index (χ0v) is 13.9. The van der Waals surface area contributed by atoms with Crippen molar-refractivity contribution in [2.45, 2.75) is 13.8 Å². The number of methoxy groups -OCH3 is 2. The molecule has 0 radical (unpaired) electrons. The summed E-state index contributed by atoms with van der Waals surface area (Å²) in [6.45, 7) is 4.89. The molecule has 0 saturated heterocycles. The van der Waals surface area contributed by atoms with Crippen LogP contribution < -0.4 is 14.2 Å². The summed E-state index contributed by atoms with van der Waals surface area (Å²) in [4.78, 5) is 4.51. The molecular formula is C19H21NO3. The molecule has 1 aromatic heterocycles. The first-order valence-corrected chi connectivity index (χ1v) is 7.57. The molecule has 4 nitrogen and oxygen atoms in total. The first kappa shape index (κ1) is 15.4. The van der Waals surface area contributed by atoms with Gasteiger partial charge >= 0.3 is 0 Å². The maximum atomic E-state index is 6.04. The van der Waals surface area contributed by atoms with Crippen LogP contribution in [0.25, 0.3) is 5.57 Å². The zero-order valence-electron chi connectivity index (χ0n) is 13.9. The third-order valence-corrected chi connectivity index (χ3v) is 3.85. The van der Waals surface area contributed by atoms with Gasteiger partial charge in [-0.2, -0.15) is 0 Å². The fraction of sp³-hybridized carbons (Fsp3) is 0.316. The van der Waals surface area contributed by atoms with Crippen molar-refractivity contribution in [3.63, 3.8) is 0 Å². The van der Waals surface area contributed by atoms with Crippen LogP contribution in [0.4, 0.5) is 0 Å². The van der Waals surface area contributed by atoms with Gasteiger partial charge in [0.2, 0.25) is 0 Å². The van der Waals surface area contributed by atoms with E-state index in [4.69, 9.17) is 14.2 Å². The van der Waals surface area contributed by atoms with E-state index in [1.807, 2.05) is 30.3 Å². The topological polar surface area (TPSA) is 40.6 Å². The Labute approximate surface area is 136 Å². The number of nitrogens with zero attached hydrogens (tertiary/aromatic N) is 1. The van der Waals surface area contributed by atoms with E-state index in [-0.39, 0.29) is 5.41 Å². The molecule has 1 aliphatic rings. The Bertz CT molecular complexity index is 736. The third-order valence-electron chi connectivity index (χ3n) is 3.85. The molecule has 0 amide bonds. The van der Waals surface area contributed by atoms with Gasteiger partial charge in [0.1, 0.15) is 5.75 Å². The average Bonchev–Trinajstić information content (AvgIpc) is 2.70. The first-order valence-electron chi connectivity index (χ1n) is 7.57. The van der Waals surface area contributed by atoms with Crippen LogP contribution in [-0.4, -0.2) is 25.8 Å². The highest BCUT2D eigenvalue weighted by Crippen LogP contribution is 2.43. The number of benzene rings is 1. The number of fused-ring (bicyclic) bond motifs is 1. The van der Waals surface area contributed by atoms with Crippen molar-refractivity contribution >= 4 is 5.57 Å². The summed E-state index contributed by atoms with van der Waals surface area (Å²) in [6, 6.07) is 9.75. The molecule has 0 fully saturated rings. The van der Waals surface area contributed by atoms with Crippen LogP contribution in [0, 0.1) is 5.41 Å². The van der Waals surface area contributed by atoms with Crippen LogP contribution in [0.2, 0.25) is 0 Å². The van der Waals surface area contributed by atoms with Gasteiger partial charge in [-0.1, -0.05) is 26.0 Å². The smallest absolute Gasteiger partial charge is 0.164 e. The van der Waals surface area contributed by atoms with Gasteiger partial charge in [0.15, 0.2) is 11.5 Å². The molecule has 0 spiro atoms. The van der Waals surface area contributed by atoms with Gasteiger partial charge in [0.05, 0.1) is 26.5 Å². The van der Waals surface area contributed by atoms with Crippen LogP contribution in [0.15, 0.2) is 42.6 Å². The number of aromatic nitrogens is 1. The highest BCUT2D eigenvalue weighted by atomic mass is 16.5. The molecule has 1 aromatic carbocycles. The van der Waals surface area contributed by atoms with Crippen LogP contribution in [0.3, 0.4) is 0 Å². The molecule has 120 valence electrons. The van der Waals surface area contributed by atoms with E-state index in [2.05, 4.69) is 24.9 Å². The van der Waals surface area contributed by atoms with Crippen molar-refractivity contribution in [1.82, 2.24) is 4.98 Å². The third kappa shape index (κ3) is 3.02. The monoisotopic (exact) mass is 311 g/mol. The van der Waals surface area contributed by atoms with E-state index in [1.54, 1.807) is 20.4 Å². The van der Waals surface area contributed by atoms with E-state index < -0.39 is 0 Å². The Balaban J connectivity index is 2.23. The Morgan fingerprint density at radius 3 is 2.48 bits per heavy atom. The van der Waals surface area contributed by atoms with E-state index >= 15 is 0 Å². The van der Waals surface area contributed by atoms with E-state index in [1.165, 1.54) is 0 Å². The molecule has 0 atom stereocenters. The predicted molar refractivity (Wildman–Crippen MR) is 90.1 cm³/mol. The minimum atomic E-state index is -0.105. The van der Waals surface area contributed by atoms with E-state index in [0.717, 1.165) is 22.6 Å². The lowest BCUT2D eigenvalue weighted by Crippen LogP contribution is -2.17. The van der Waals surface area contributed by atoms with Gasteiger partial charge in [0.25, 0.3) is 0 Å². The molecule has 0 saturated carbocycles. The van der Waals surface area contributed by atoms with Crippen molar-refractivity contribution in [3.05, 3.63) is 53.9 Å².